The molecule has 178 valence electrons. The molecule has 0 atom stereocenters. The number of nitrogens with zero attached hydrogens (tertiary/aromatic N) is 1. The number of aliphatic imine (C=N–C) groups is 1. The van der Waals surface area contributed by atoms with Gasteiger partial charge < -0.3 is 5.32 Å². The largest absolute Gasteiger partial charge is 0.325 e. The van der Waals surface area contributed by atoms with Crippen LogP contribution in [0.15, 0.2) is 64.5 Å². The summed E-state index contributed by atoms with van der Waals surface area (Å²) in [7, 11) is -7.45. The third-order valence-corrected chi connectivity index (χ3v) is 8.16. The third kappa shape index (κ3) is 8.29. The second-order valence-corrected chi connectivity index (χ2v) is 11.9. The van der Waals surface area contributed by atoms with Crippen LogP contribution in [-0.2, 0) is 31.1 Å². The van der Waals surface area contributed by atoms with E-state index in [-0.39, 0.29) is 16.3 Å². The Kier molecular flexibility index (Phi) is 8.62. The molecule has 0 saturated carbocycles. The van der Waals surface area contributed by atoms with Gasteiger partial charge in [0.15, 0.2) is 9.84 Å². The maximum Gasteiger partial charge on any atom is 0.262 e. The normalized spacial score (nSPS) is 14.7. The Morgan fingerprint density at radius 1 is 0.939 bits per heavy atom. The van der Waals surface area contributed by atoms with Crippen LogP contribution in [0.4, 0.5) is 5.69 Å². The number of hydrogen-bond donors (Lipinski definition) is 2. The van der Waals surface area contributed by atoms with E-state index in [9.17, 15) is 21.6 Å². The number of sulfonamides is 1. The number of carbonyl (C=O) groups is 1. The first kappa shape index (κ1) is 24.9. The summed E-state index contributed by atoms with van der Waals surface area (Å²) in [5, 5.41) is 2.49. The van der Waals surface area contributed by atoms with Gasteiger partial charge in [-0.25, -0.2) is 16.8 Å². The van der Waals surface area contributed by atoms with E-state index in [1.54, 1.807) is 0 Å². The number of sulfone groups is 1. The maximum absolute atomic E-state index is 12.7. The number of carbonyl (C=O) groups excluding carboxylic acids is 1. The van der Waals surface area contributed by atoms with Gasteiger partial charge in [-0.3, -0.25) is 14.5 Å². The SMILES string of the molecule is O=C(CS(=O)(=O)CCCc1ccccc1)Nc1cccc(S(=O)(=O)NC2=NCCCCC2)c1. The van der Waals surface area contributed by atoms with Crippen molar-refractivity contribution in [1.29, 1.82) is 0 Å². The van der Waals surface area contributed by atoms with E-state index < -0.39 is 31.5 Å². The monoisotopic (exact) mass is 491 g/mol. The van der Waals surface area contributed by atoms with Crippen molar-refractivity contribution in [3.05, 3.63) is 60.2 Å². The van der Waals surface area contributed by atoms with E-state index in [1.807, 2.05) is 30.3 Å². The van der Waals surface area contributed by atoms with Crippen LogP contribution >= 0.6 is 0 Å². The number of aryl methyl sites for hydroxylation is 1. The first-order valence-corrected chi connectivity index (χ1v) is 14.2. The van der Waals surface area contributed by atoms with E-state index >= 15 is 0 Å². The molecule has 0 spiro atoms. The first-order valence-electron chi connectivity index (χ1n) is 10.9. The van der Waals surface area contributed by atoms with Crippen LogP contribution in [0.5, 0.6) is 0 Å². The molecule has 10 heteroatoms. The number of amidine groups is 1. The van der Waals surface area contributed by atoms with E-state index in [1.165, 1.54) is 24.3 Å². The molecule has 0 fully saturated rings. The standard InChI is InChI=1S/C23H29N3O5S2/c27-23(18-32(28,29)16-8-11-19-9-3-1-4-10-19)25-20-12-7-13-21(17-20)33(30,31)26-22-14-5-2-6-15-24-22/h1,3-4,7,9-10,12-13,17H,2,5-6,8,11,14-16,18H2,(H,24,26)(H,25,27). The molecule has 2 aromatic rings. The Hall–Kier alpha value is -2.72. The fourth-order valence-electron chi connectivity index (χ4n) is 3.52. The summed E-state index contributed by atoms with van der Waals surface area (Å²) in [6, 6.07) is 15.3. The molecule has 33 heavy (non-hydrogen) atoms. The summed E-state index contributed by atoms with van der Waals surface area (Å²) in [5.41, 5.74) is 1.25. The van der Waals surface area contributed by atoms with Crippen molar-refractivity contribution in [2.75, 3.05) is 23.4 Å². The Balaban J connectivity index is 1.56. The molecule has 0 bridgehead atoms. The zero-order valence-corrected chi connectivity index (χ0v) is 20.0. The number of nitrogens with one attached hydrogen (secondary N) is 2. The van der Waals surface area contributed by atoms with Gasteiger partial charge in [-0.1, -0.05) is 42.8 Å². The smallest absolute Gasteiger partial charge is 0.262 e. The lowest BCUT2D eigenvalue weighted by Crippen LogP contribution is -2.30. The lowest BCUT2D eigenvalue weighted by molar-refractivity contribution is -0.113. The van der Waals surface area contributed by atoms with E-state index in [4.69, 9.17) is 0 Å². The van der Waals surface area contributed by atoms with Gasteiger partial charge in [0, 0.05) is 18.7 Å². The Bertz CT molecular complexity index is 1190. The lowest BCUT2D eigenvalue weighted by atomic mass is 10.1. The molecular formula is C23H29N3O5S2. The van der Waals surface area contributed by atoms with Gasteiger partial charge in [-0.15, -0.1) is 0 Å². The zero-order chi connectivity index (χ0) is 23.7. The van der Waals surface area contributed by atoms with Gasteiger partial charge in [-0.2, -0.15) is 0 Å². The second kappa shape index (κ2) is 11.4. The molecule has 1 aliphatic rings. The van der Waals surface area contributed by atoms with Crippen LogP contribution in [0.3, 0.4) is 0 Å². The molecule has 0 aliphatic carbocycles. The first-order chi connectivity index (χ1) is 15.7. The minimum Gasteiger partial charge on any atom is -0.325 e. The zero-order valence-electron chi connectivity index (χ0n) is 18.4. The minimum absolute atomic E-state index is 0.0297. The summed E-state index contributed by atoms with van der Waals surface area (Å²) in [6.07, 6.45) is 4.41. The fraction of sp³-hybridized carbons (Fsp3) is 0.391. The van der Waals surface area contributed by atoms with Crippen molar-refractivity contribution in [2.24, 2.45) is 4.99 Å². The molecule has 0 radical (unpaired) electrons. The Morgan fingerprint density at radius 2 is 1.73 bits per heavy atom. The number of anilines is 1. The van der Waals surface area contributed by atoms with E-state index in [0.717, 1.165) is 24.8 Å². The maximum atomic E-state index is 12.7. The van der Waals surface area contributed by atoms with Gasteiger partial charge >= 0.3 is 0 Å². The van der Waals surface area contributed by atoms with Crippen molar-refractivity contribution < 1.29 is 21.6 Å². The predicted octanol–water partition coefficient (Wildman–Crippen LogP) is 2.92. The van der Waals surface area contributed by atoms with Crippen LogP contribution in [0.1, 0.15) is 37.7 Å². The summed E-state index contributed by atoms with van der Waals surface area (Å²) in [4.78, 5) is 16.6. The van der Waals surface area contributed by atoms with Crippen molar-refractivity contribution >= 4 is 37.3 Å². The molecule has 0 aromatic heterocycles. The van der Waals surface area contributed by atoms with Gasteiger partial charge in [0.25, 0.3) is 10.0 Å². The van der Waals surface area contributed by atoms with Crippen LogP contribution < -0.4 is 10.0 Å². The number of amides is 1. The average Bonchev–Trinajstić information content (AvgIpc) is 3.02. The number of benzene rings is 2. The van der Waals surface area contributed by atoms with Crippen molar-refractivity contribution in [3.63, 3.8) is 0 Å². The van der Waals surface area contributed by atoms with Crippen molar-refractivity contribution in [1.82, 2.24) is 4.72 Å². The topological polar surface area (TPSA) is 122 Å². The molecule has 1 heterocycles. The highest BCUT2D eigenvalue weighted by Gasteiger charge is 2.20. The summed E-state index contributed by atoms with van der Waals surface area (Å²) in [6.45, 7) is 0.591. The predicted molar refractivity (Wildman–Crippen MR) is 130 cm³/mol. The molecular weight excluding hydrogens is 462 g/mol. The highest BCUT2D eigenvalue weighted by Crippen LogP contribution is 2.17. The summed E-state index contributed by atoms with van der Waals surface area (Å²) >= 11 is 0. The highest BCUT2D eigenvalue weighted by molar-refractivity contribution is 7.92. The molecule has 0 unspecified atom stereocenters. The minimum atomic E-state index is -3.86. The van der Waals surface area contributed by atoms with E-state index in [2.05, 4.69) is 15.0 Å². The number of hydrogen-bond acceptors (Lipinski definition) is 6. The Labute approximate surface area is 195 Å². The summed E-state index contributed by atoms with van der Waals surface area (Å²) < 4.78 is 52.6. The molecule has 1 amide bonds. The molecule has 2 aromatic carbocycles. The highest BCUT2D eigenvalue weighted by atomic mass is 32.2. The average molecular weight is 492 g/mol. The van der Waals surface area contributed by atoms with Crippen LogP contribution in [0.2, 0.25) is 0 Å². The molecule has 3 rings (SSSR count). The summed E-state index contributed by atoms with van der Waals surface area (Å²) in [5.74, 6) is -1.03. The molecule has 1 aliphatic heterocycles. The van der Waals surface area contributed by atoms with Crippen LogP contribution in [0.25, 0.3) is 0 Å². The molecule has 8 nitrogen and oxygen atoms in total. The van der Waals surface area contributed by atoms with Gasteiger partial charge in [0.1, 0.15) is 11.6 Å². The third-order valence-electron chi connectivity index (χ3n) is 5.17. The van der Waals surface area contributed by atoms with Crippen LogP contribution in [0, 0.1) is 0 Å². The van der Waals surface area contributed by atoms with Crippen LogP contribution in [-0.4, -0.2) is 46.6 Å². The van der Waals surface area contributed by atoms with Crippen molar-refractivity contribution in [3.8, 4) is 0 Å². The Morgan fingerprint density at radius 3 is 2.52 bits per heavy atom. The van der Waals surface area contributed by atoms with Crippen molar-refractivity contribution in [2.45, 2.75) is 43.4 Å². The molecule has 0 saturated heterocycles. The van der Waals surface area contributed by atoms with Gasteiger partial charge in [0.05, 0.1) is 10.6 Å². The van der Waals surface area contributed by atoms with Gasteiger partial charge in [-0.05, 0) is 49.4 Å². The molecule has 2 N–H and O–H groups in total. The quantitative estimate of drug-likeness (QED) is 0.559. The number of rotatable bonds is 9. The van der Waals surface area contributed by atoms with E-state index in [0.29, 0.717) is 31.6 Å². The second-order valence-electron chi connectivity index (χ2n) is 8.00. The van der Waals surface area contributed by atoms with Gasteiger partial charge in [0.2, 0.25) is 5.91 Å². The lowest BCUT2D eigenvalue weighted by Gasteiger charge is -2.11. The fourth-order valence-corrected chi connectivity index (χ4v) is 5.86.